The summed E-state index contributed by atoms with van der Waals surface area (Å²) in [5.41, 5.74) is 8.94. The second-order valence-corrected chi connectivity index (χ2v) is 14.2. The smallest absolute Gasteiger partial charge is 1.00 e. The molecule has 2 aliphatic carbocycles. The van der Waals surface area contributed by atoms with E-state index in [1.165, 1.54) is 22.3 Å². The van der Waals surface area contributed by atoms with Crippen LogP contribution in [0.5, 0.6) is 0 Å². The van der Waals surface area contributed by atoms with E-state index in [1.807, 2.05) is 0 Å². The van der Waals surface area contributed by atoms with Crippen LogP contribution in [0.2, 0.25) is 19.1 Å². The third-order valence-corrected chi connectivity index (χ3v) is 10.9. The summed E-state index contributed by atoms with van der Waals surface area (Å²) >= 11 is 1.57. The number of halogens is 2. The van der Waals surface area contributed by atoms with Crippen LogP contribution in [0, 0.1) is 0 Å². The molecule has 0 aliphatic heterocycles. The number of hydrogen-bond acceptors (Lipinski definition) is 1. The van der Waals surface area contributed by atoms with Crippen molar-refractivity contribution in [1.29, 1.82) is 0 Å². The van der Waals surface area contributed by atoms with E-state index < -0.39 is 8.07 Å². The molecule has 0 saturated heterocycles. The van der Waals surface area contributed by atoms with E-state index in [9.17, 15) is 5.11 Å². The first kappa shape index (κ1) is 23.8. The fourth-order valence-corrected chi connectivity index (χ4v) is 8.89. The fraction of sp³-hybridized carbons (Fsp3) is 0.304. The van der Waals surface area contributed by atoms with Crippen molar-refractivity contribution in [3.63, 3.8) is 0 Å². The molecule has 2 aromatic rings. The van der Waals surface area contributed by atoms with Gasteiger partial charge in [-0.15, -0.1) is 0 Å². The number of fused-ring (bicyclic) bond motifs is 3. The fourth-order valence-electron chi connectivity index (χ4n) is 4.57. The molecule has 1 N–H and O–H groups in total. The Bertz CT molecular complexity index is 921. The van der Waals surface area contributed by atoms with Gasteiger partial charge in [-0.25, -0.2) is 0 Å². The van der Waals surface area contributed by atoms with Crippen LogP contribution >= 0.6 is 0 Å². The first-order chi connectivity index (χ1) is 12.5. The zero-order valence-electron chi connectivity index (χ0n) is 16.3. The number of hydrogen-bond donors (Lipinski definition) is 1. The van der Waals surface area contributed by atoms with Crippen molar-refractivity contribution < 1.29 is 54.6 Å². The molecule has 1 unspecified atom stereocenters. The maximum absolute atomic E-state index is 9.31. The number of aliphatic hydroxyl groups excluding tert-OH is 1. The van der Waals surface area contributed by atoms with Gasteiger partial charge in [0.15, 0.2) is 0 Å². The maximum Gasteiger partial charge on any atom is -1.00 e. The Kier molecular flexibility index (Phi) is 8.15. The minimum Gasteiger partial charge on any atom is -1.00 e. The van der Waals surface area contributed by atoms with Crippen LogP contribution in [-0.4, -0.2) is 19.8 Å². The summed E-state index contributed by atoms with van der Waals surface area (Å²) in [4.78, 5) is 0. The predicted molar refractivity (Wildman–Crippen MR) is 108 cm³/mol. The van der Waals surface area contributed by atoms with Gasteiger partial charge in [-0.1, -0.05) is 0 Å². The van der Waals surface area contributed by atoms with Gasteiger partial charge >= 0.3 is 173 Å². The summed E-state index contributed by atoms with van der Waals surface area (Å²) in [5, 5.41) is 10.9. The Labute approximate surface area is 197 Å². The molecule has 0 spiro atoms. The van der Waals surface area contributed by atoms with Crippen molar-refractivity contribution in [1.82, 2.24) is 0 Å². The third-order valence-electron chi connectivity index (χ3n) is 5.90. The van der Waals surface area contributed by atoms with Crippen molar-refractivity contribution in [2.75, 3.05) is 6.61 Å². The van der Waals surface area contributed by atoms with E-state index >= 15 is 0 Å². The van der Waals surface area contributed by atoms with Gasteiger partial charge in [0, 0.05) is 0 Å². The van der Waals surface area contributed by atoms with Crippen LogP contribution < -0.4 is 24.8 Å². The largest absolute Gasteiger partial charge is 1.00 e. The topological polar surface area (TPSA) is 20.2 Å². The first-order valence-corrected chi connectivity index (χ1v) is 14.1. The van der Waals surface area contributed by atoms with Crippen LogP contribution in [-0.2, 0) is 24.7 Å². The SMILES string of the molecule is C[Si](C)(CCCO)C1=C(c2cccc3c2[CH]([Zr+2])c2ccccc2-3)CC=C1.[Cl-].[Cl-]. The van der Waals surface area contributed by atoms with Gasteiger partial charge in [0.25, 0.3) is 0 Å². The summed E-state index contributed by atoms with van der Waals surface area (Å²) < 4.78 is 0.543. The molecule has 0 saturated carbocycles. The second-order valence-electron chi connectivity index (χ2n) is 8.00. The molecule has 145 valence electrons. The Morgan fingerprint density at radius 1 is 1.00 bits per heavy atom. The molecule has 2 aromatic carbocycles. The zero-order chi connectivity index (χ0) is 18.3. The number of rotatable bonds is 5. The van der Waals surface area contributed by atoms with E-state index in [0.717, 1.165) is 18.9 Å². The average Bonchev–Trinajstić information content (AvgIpc) is 3.25. The van der Waals surface area contributed by atoms with Crippen molar-refractivity contribution in [3.8, 4) is 11.1 Å². The monoisotopic (exact) mass is 505 g/mol. The minimum absolute atomic E-state index is 0. The van der Waals surface area contributed by atoms with Gasteiger partial charge in [-0.05, 0) is 0 Å². The molecule has 0 aromatic heterocycles. The predicted octanol–water partition coefficient (Wildman–Crippen LogP) is -0.345. The van der Waals surface area contributed by atoms with Gasteiger partial charge < -0.3 is 24.8 Å². The molecule has 0 radical (unpaired) electrons. The van der Waals surface area contributed by atoms with E-state index in [0.29, 0.717) is 10.2 Å². The van der Waals surface area contributed by atoms with Gasteiger partial charge in [0.1, 0.15) is 0 Å². The molecule has 0 bridgehead atoms. The molecule has 0 fully saturated rings. The van der Waals surface area contributed by atoms with Gasteiger partial charge in [-0.3, -0.25) is 0 Å². The molecular weight excluding hydrogens is 482 g/mol. The summed E-state index contributed by atoms with van der Waals surface area (Å²) in [6.45, 7) is 5.22. The number of benzene rings is 2. The molecule has 0 heterocycles. The first-order valence-electron chi connectivity index (χ1n) is 9.49. The molecule has 1 atom stereocenters. The van der Waals surface area contributed by atoms with Crippen LogP contribution in [0.4, 0.5) is 0 Å². The third kappa shape index (κ3) is 4.07. The maximum atomic E-state index is 9.31. The zero-order valence-corrected chi connectivity index (χ0v) is 21.3. The van der Waals surface area contributed by atoms with Crippen LogP contribution in [0.3, 0.4) is 0 Å². The molecule has 0 amide bonds. The normalized spacial score (nSPS) is 17.1. The van der Waals surface area contributed by atoms with E-state index in [2.05, 4.69) is 67.7 Å². The molecule has 5 heteroatoms. The van der Waals surface area contributed by atoms with E-state index in [1.54, 1.807) is 41.1 Å². The Balaban J connectivity index is 0.00000140. The average molecular weight is 508 g/mol. The summed E-state index contributed by atoms with van der Waals surface area (Å²) in [6.07, 6.45) is 6.71. The molecule has 4 rings (SSSR count). The van der Waals surface area contributed by atoms with E-state index in [4.69, 9.17) is 0 Å². The van der Waals surface area contributed by atoms with Crippen molar-refractivity contribution in [3.05, 3.63) is 76.5 Å². The summed E-state index contributed by atoms with van der Waals surface area (Å²) in [7, 11) is -1.53. The van der Waals surface area contributed by atoms with Gasteiger partial charge in [-0.2, -0.15) is 0 Å². The van der Waals surface area contributed by atoms with Crippen molar-refractivity contribution in [2.24, 2.45) is 0 Å². The van der Waals surface area contributed by atoms with Crippen molar-refractivity contribution in [2.45, 2.75) is 35.6 Å². The Morgan fingerprint density at radius 2 is 1.68 bits per heavy atom. The van der Waals surface area contributed by atoms with Crippen LogP contribution in [0.25, 0.3) is 16.7 Å². The number of allylic oxidation sites excluding steroid dienone is 4. The summed E-state index contributed by atoms with van der Waals surface area (Å²) in [6, 6.07) is 17.0. The Morgan fingerprint density at radius 3 is 2.43 bits per heavy atom. The van der Waals surface area contributed by atoms with Crippen LogP contribution in [0.15, 0.2) is 59.8 Å². The summed E-state index contributed by atoms with van der Waals surface area (Å²) in [5.74, 6) is 0. The minimum atomic E-state index is -1.53. The van der Waals surface area contributed by atoms with Crippen molar-refractivity contribution >= 4 is 13.6 Å². The second kappa shape index (κ2) is 9.58. The van der Waals surface area contributed by atoms with E-state index in [-0.39, 0.29) is 24.8 Å². The quantitative estimate of drug-likeness (QED) is 0.549. The molecule has 28 heavy (non-hydrogen) atoms. The Hall–Kier alpha value is -0.440. The van der Waals surface area contributed by atoms with Crippen LogP contribution in [0.1, 0.15) is 33.2 Å². The van der Waals surface area contributed by atoms with Gasteiger partial charge in [0.2, 0.25) is 0 Å². The molecule has 2 aliphatic rings. The molecular formula is C23H25Cl2OSiZr. The number of aliphatic hydroxyl groups is 1. The standard InChI is InChI=1S/C23H25OSi.2ClH.Zr/c1-25(2,15-7-14-24)23-13-6-12-21(23)20-11-5-10-19-18-9-4-3-8-17(18)16-22(19)20;;;/h3-6,8-11,13,16,24H,7,12,14-15H2,1-2H3;2*1H;/q;;;+2/p-2. The van der Waals surface area contributed by atoms with Gasteiger partial charge in [0.05, 0.1) is 0 Å². The molecule has 1 nitrogen and oxygen atoms in total.